The van der Waals surface area contributed by atoms with Crippen LogP contribution < -0.4 is 10.1 Å². The molecule has 0 aliphatic heterocycles. The minimum absolute atomic E-state index is 0.0332. The van der Waals surface area contributed by atoms with E-state index in [0.717, 1.165) is 24.3 Å². The lowest BCUT2D eigenvalue weighted by Crippen LogP contribution is -2.24. The zero-order valence-corrected chi connectivity index (χ0v) is 10.6. The number of esters is 1. The minimum atomic E-state index is -0.251. The summed E-state index contributed by atoms with van der Waals surface area (Å²) in [7, 11) is 3.05. The van der Waals surface area contributed by atoms with Gasteiger partial charge >= 0.3 is 5.97 Å². The lowest BCUT2D eigenvalue weighted by Gasteiger charge is -2.17. The number of benzene rings is 1. The Morgan fingerprint density at radius 1 is 1.28 bits per heavy atom. The third kappa shape index (κ3) is 2.64. The van der Waals surface area contributed by atoms with Crippen LogP contribution in [0.2, 0.25) is 0 Å². The summed E-state index contributed by atoms with van der Waals surface area (Å²) >= 11 is 0. The third-order valence-corrected chi connectivity index (χ3v) is 3.05. The van der Waals surface area contributed by atoms with E-state index in [1.165, 1.54) is 7.11 Å². The Balaban J connectivity index is 2.04. The second-order valence-electron chi connectivity index (χ2n) is 4.15. The Kier molecular flexibility index (Phi) is 3.87. The van der Waals surface area contributed by atoms with Gasteiger partial charge in [0.25, 0.3) is 0 Å². The predicted molar refractivity (Wildman–Crippen MR) is 69.7 cm³/mol. The van der Waals surface area contributed by atoms with Gasteiger partial charge in [-0.05, 0) is 37.1 Å². The van der Waals surface area contributed by atoms with Crippen LogP contribution in [0.3, 0.4) is 0 Å². The average molecular weight is 247 g/mol. The summed E-state index contributed by atoms with van der Waals surface area (Å²) in [4.78, 5) is 11.6. The number of anilines is 1. The van der Waals surface area contributed by atoms with Crippen LogP contribution in [0.15, 0.2) is 35.9 Å². The molecule has 0 saturated carbocycles. The van der Waals surface area contributed by atoms with Crippen LogP contribution in [-0.4, -0.2) is 26.2 Å². The first-order valence-corrected chi connectivity index (χ1v) is 5.93. The highest BCUT2D eigenvalue weighted by atomic mass is 16.5. The van der Waals surface area contributed by atoms with Crippen LogP contribution in [0, 0.1) is 0 Å². The molecule has 1 atom stereocenters. The Hall–Kier alpha value is -1.97. The van der Waals surface area contributed by atoms with Crippen LogP contribution in [0.25, 0.3) is 0 Å². The second-order valence-corrected chi connectivity index (χ2v) is 4.15. The lowest BCUT2D eigenvalue weighted by molar-refractivity contribution is -0.136. The first kappa shape index (κ1) is 12.5. The summed E-state index contributed by atoms with van der Waals surface area (Å²) < 4.78 is 9.87. The molecule has 1 aliphatic rings. The van der Waals surface area contributed by atoms with Gasteiger partial charge in [-0.3, -0.25) is 0 Å². The predicted octanol–water partition coefficient (Wildman–Crippen LogP) is 2.37. The van der Waals surface area contributed by atoms with Crippen molar-refractivity contribution < 1.29 is 14.3 Å². The lowest BCUT2D eigenvalue weighted by atomic mass is 10.1. The largest absolute Gasteiger partial charge is 0.497 e. The maximum absolute atomic E-state index is 11.6. The van der Waals surface area contributed by atoms with Gasteiger partial charge in [0.15, 0.2) is 0 Å². The average Bonchev–Trinajstić information content (AvgIpc) is 2.87. The van der Waals surface area contributed by atoms with Crippen molar-refractivity contribution in [2.45, 2.75) is 18.9 Å². The van der Waals surface area contributed by atoms with Crippen LogP contribution in [0.5, 0.6) is 5.75 Å². The Labute approximate surface area is 107 Å². The van der Waals surface area contributed by atoms with E-state index >= 15 is 0 Å². The van der Waals surface area contributed by atoms with Crippen molar-refractivity contribution in [3.8, 4) is 5.75 Å². The maximum Gasteiger partial charge on any atom is 0.335 e. The zero-order chi connectivity index (χ0) is 13.0. The molecule has 0 saturated heterocycles. The van der Waals surface area contributed by atoms with Crippen molar-refractivity contribution in [2.24, 2.45) is 0 Å². The summed E-state index contributed by atoms with van der Waals surface area (Å²) in [5, 5.41) is 3.33. The number of carbonyl (C=O) groups is 1. The van der Waals surface area contributed by atoms with Gasteiger partial charge in [0.1, 0.15) is 5.75 Å². The SMILES string of the molecule is COC(=O)C1=CCC[C@@H]1Nc1ccc(OC)cc1. The number of hydrogen-bond acceptors (Lipinski definition) is 4. The summed E-state index contributed by atoms with van der Waals surface area (Å²) in [6.07, 6.45) is 3.75. The number of rotatable bonds is 4. The molecular weight excluding hydrogens is 230 g/mol. The number of nitrogens with one attached hydrogen (secondary N) is 1. The van der Waals surface area contributed by atoms with Crippen molar-refractivity contribution in [1.82, 2.24) is 0 Å². The Morgan fingerprint density at radius 3 is 2.61 bits per heavy atom. The van der Waals surface area contributed by atoms with Gasteiger partial charge in [-0.25, -0.2) is 4.79 Å². The van der Waals surface area contributed by atoms with Gasteiger partial charge in [-0.15, -0.1) is 0 Å². The van der Waals surface area contributed by atoms with E-state index in [9.17, 15) is 4.79 Å². The molecule has 1 aliphatic carbocycles. The molecule has 18 heavy (non-hydrogen) atoms. The van der Waals surface area contributed by atoms with E-state index in [1.54, 1.807) is 7.11 Å². The number of allylic oxidation sites excluding steroid dienone is 1. The van der Waals surface area contributed by atoms with Crippen LogP contribution in [-0.2, 0) is 9.53 Å². The molecule has 0 fully saturated rings. The highest BCUT2D eigenvalue weighted by Gasteiger charge is 2.25. The molecule has 1 N–H and O–H groups in total. The van der Waals surface area contributed by atoms with E-state index in [4.69, 9.17) is 9.47 Å². The topological polar surface area (TPSA) is 47.6 Å². The van der Waals surface area contributed by atoms with E-state index in [2.05, 4.69) is 5.32 Å². The summed E-state index contributed by atoms with van der Waals surface area (Å²) in [6.45, 7) is 0. The minimum Gasteiger partial charge on any atom is -0.497 e. The highest BCUT2D eigenvalue weighted by Crippen LogP contribution is 2.25. The maximum atomic E-state index is 11.6. The molecule has 1 aromatic rings. The molecule has 0 spiro atoms. The molecule has 0 aromatic heterocycles. The van der Waals surface area contributed by atoms with Crippen LogP contribution >= 0.6 is 0 Å². The van der Waals surface area contributed by atoms with Gasteiger partial charge in [-0.2, -0.15) is 0 Å². The van der Waals surface area contributed by atoms with Crippen molar-refractivity contribution in [3.05, 3.63) is 35.9 Å². The first-order chi connectivity index (χ1) is 8.74. The smallest absolute Gasteiger partial charge is 0.335 e. The normalized spacial score (nSPS) is 18.1. The molecule has 0 unspecified atom stereocenters. The van der Waals surface area contributed by atoms with Gasteiger partial charge in [-0.1, -0.05) is 6.08 Å². The number of ether oxygens (including phenoxy) is 2. The van der Waals surface area contributed by atoms with E-state index in [0.29, 0.717) is 5.57 Å². The molecule has 0 heterocycles. The molecule has 1 aromatic carbocycles. The molecule has 0 bridgehead atoms. The van der Waals surface area contributed by atoms with Crippen molar-refractivity contribution in [2.75, 3.05) is 19.5 Å². The standard InChI is InChI=1S/C14H17NO3/c1-17-11-8-6-10(7-9-11)15-13-5-3-4-12(13)14(16)18-2/h4,6-9,13,15H,3,5H2,1-2H3/t13-/m0/s1. The molecule has 0 radical (unpaired) electrons. The summed E-state index contributed by atoms with van der Waals surface area (Å²) in [5.74, 6) is 0.564. The molecule has 4 nitrogen and oxygen atoms in total. The van der Waals surface area contributed by atoms with Crippen LogP contribution in [0.1, 0.15) is 12.8 Å². The summed E-state index contributed by atoms with van der Waals surface area (Å²) in [6, 6.07) is 7.68. The zero-order valence-electron chi connectivity index (χ0n) is 10.6. The fraction of sp³-hybridized carbons (Fsp3) is 0.357. The second kappa shape index (κ2) is 5.58. The fourth-order valence-corrected chi connectivity index (χ4v) is 2.09. The highest BCUT2D eigenvalue weighted by molar-refractivity contribution is 5.91. The fourth-order valence-electron chi connectivity index (χ4n) is 2.09. The van der Waals surface area contributed by atoms with Gasteiger partial charge in [0.05, 0.1) is 25.8 Å². The van der Waals surface area contributed by atoms with Crippen molar-refractivity contribution in [1.29, 1.82) is 0 Å². The van der Waals surface area contributed by atoms with E-state index in [1.807, 2.05) is 30.3 Å². The molecular formula is C14H17NO3. The van der Waals surface area contributed by atoms with E-state index < -0.39 is 0 Å². The van der Waals surface area contributed by atoms with Crippen molar-refractivity contribution >= 4 is 11.7 Å². The van der Waals surface area contributed by atoms with Crippen molar-refractivity contribution in [3.63, 3.8) is 0 Å². The summed E-state index contributed by atoms with van der Waals surface area (Å²) in [5.41, 5.74) is 1.69. The number of methoxy groups -OCH3 is 2. The number of hydrogen-bond donors (Lipinski definition) is 1. The van der Waals surface area contributed by atoms with Gasteiger partial charge in [0.2, 0.25) is 0 Å². The molecule has 96 valence electrons. The molecule has 4 heteroatoms. The Bertz CT molecular complexity index is 451. The Morgan fingerprint density at radius 2 is 2.00 bits per heavy atom. The third-order valence-electron chi connectivity index (χ3n) is 3.05. The van der Waals surface area contributed by atoms with E-state index in [-0.39, 0.29) is 12.0 Å². The molecule has 0 amide bonds. The van der Waals surface area contributed by atoms with Gasteiger partial charge < -0.3 is 14.8 Å². The number of carbonyl (C=O) groups excluding carboxylic acids is 1. The van der Waals surface area contributed by atoms with Gasteiger partial charge in [0, 0.05) is 5.69 Å². The molecule has 2 rings (SSSR count). The first-order valence-electron chi connectivity index (χ1n) is 5.93. The quantitative estimate of drug-likeness (QED) is 0.830. The van der Waals surface area contributed by atoms with Crippen LogP contribution in [0.4, 0.5) is 5.69 Å². The monoisotopic (exact) mass is 247 g/mol.